The number of hydrogen-bond donors (Lipinski definition) is 2. The van der Waals surface area contributed by atoms with Gasteiger partial charge in [-0.15, -0.1) is 12.4 Å². The maximum atomic E-state index is 12.6. The maximum Gasteiger partial charge on any atom is 0.123 e. The summed E-state index contributed by atoms with van der Waals surface area (Å²) in [6, 6.07) is 15.3. The monoisotopic (exact) mass is 346 g/mol. The predicted molar refractivity (Wildman–Crippen MR) is 101 cm³/mol. The van der Waals surface area contributed by atoms with Gasteiger partial charge in [-0.25, -0.2) is 4.39 Å². The predicted octanol–water partition coefficient (Wildman–Crippen LogP) is 3.96. The molecule has 128 valence electrons. The molecule has 2 aliphatic rings. The van der Waals surface area contributed by atoms with Crippen molar-refractivity contribution >= 4 is 18.0 Å². The molecule has 0 unspecified atom stereocenters. The lowest BCUT2D eigenvalue weighted by molar-refractivity contribution is 0.627. The van der Waals surface area contributed by atoms with Crippen molar-refractivity contribution in [1.82, 2.24) is 10.6 Å². The summed E-state index contributed by atoms with van der Waals surface area (Å²) in [5, 5.41) is 6.59. The molecule has 2 N–H and O–H groups in total. The van der Waals surface area contributed by atoms with Crippen LogP contribution in [-0.4, -0.2) is 19.6 Å². The fourth-order valence-corrected chi connectivity index (χ4v) is 2.97. The number of hydrogen-bond acceptors (Lipinski definition) is 2. The van der Waals surface area contributed by atoms with Gasteiger partial charge in [0, 0.05) is 13.1 Å². The second kappa shape index (κ2) is 9.58. The third-order valence-corrected chi connectivity index (χ3v) is 4.28. The number of fused-ring (bicyclic) bond motifs is 1. The SMILES string of the molecule is Cl.Fc1ccc(C2=CCNCC2)cc1.c1ccc2c(c1)CCNC2. The zero-order chi connectivity index (χ0) is 15.9. The standard InChI is InChI=1S/C11H12FN.C9H11N.ClH/c12-11-3-1-9(2-4-11)10-5-7-13-8-6-10;1-2-4-9-7-10-6-5-8(9)3-1;/h1-5,13H,6-8H2;1-4,10H,5-7H2;1H. The molecule has 0 aromatic heterocycles. The van der Waals surface area contributed by atoms with Gasteiger partial charge in [-0.05, 0) is 60.3 Å². The van der Waals surface area contributed by atoms with Gasteiger partial charge in [0.25, 0.3) is 0 Å². The van der Waals surface area contributed by atoms with Crippen molar-refractivity contribution in [1.29, 1.82) is 0 Å². The molecule has 24 heavy (non-hydrogen) atoms. The van der Waals surface area contributed by atoms with Crippen molar-refractivity contribution in [2.45, 2.75) is 19.4 Å². The summed E-state index contributed by atoms with van der Waals surface area (Å²) in [4.78, 5) is 0. The number of rotatable bonds is 1. The molecule has 0 spiro atoms. The Morgan fingerprint density at radius 3 is 2.17 bits per heavy atom. The molecule has 4 heteroatoms. The largest absolute Gasteiger partial charge is 0.313 e. The highest BCUT2D eigenvalue weighted by Crippen LogP contribution is 2.19. The molecule has 2 heterocycles. The van der Waals surface area contributed by atoms with Crippen molar-refractivity contribution in [3.05, 3.63) is 77.1 Å². The van der Waals surface area contributed by atoms with E-state index in [0.717, 1.165) is 38.2 Å². The van der Waals surface area contributed by atoms with Gasteiger partial charge in [0.15, 0.2) is 0 Å². The molecule has 2 aromatic carbocycles. The van der Waals surface area contributed by atoms with Gasteiger partial charge in [-0.1, -0.05) is 42.5 Å². The van der Waals surface area contributed by atoms with Crippen LogP contribution in [0.3, 0.4) is 0 Å². The van der Waals surface area contributed by atoms with Crippen molar-refractivity contribution < 1.29 is 4.39 Å². The van der Waals surface area contributed by atoms with Crippen LogP contribution in [0.2, 0.25) is 0 Å². The Kier molecular flexibility index (Phi) is 7.44. The van der Waals surface area contributed by atoms with Gasteiger partial charge in [-0.3, -0.25) is 0 Å². The van der Waals surface area contributed by atoms with Crippen LogP contribution in [-0.2, 0) is 13.0 Å². The van der Waals surface area contributed by atoms with Crippen LogP contribution in [0, 0.1) is 5.82 Å². The molecule has 0 aliphatic carbocycles. The van der Waals surface area contributed by atoms with E-state index in [4.69, 9.17) is 0 Å². The van der Waals surface area contributed by atoms with E-state index in [-0.39, 0.29) is 18.2 Å². The van der Waals surface area contributed by atoms with Crippen molar-refractivity contribution in [2.75, 3.05) is 19.6 Å². The number of benzene rings is 2. The van der Waals surface area contributed by atoms with Gasteiger partial charge < -0.3 is 10.6 Å². The smallest absolute Gasteiger partial charge is 0.123 e. The highest BCUT2D eigenvalue weighted by molar-refractivity contribution is 5.85. The molecule has 0 saturated carbocycles. The topological polar surface area (TPSA) is 24.1 Å². The van der Waals surface area contributed by atoms with Crippen LogP contribution < -0.4 is 10.6 Å². The fraction of sp³-hybridized carbons (Fsp3) is 0.300. The first kappa shape index (κ1) is 18.7. The van der Waals surface area contributed by atoms with E-state index in [1.165, 1.54) is 35.3 Å². The van der Waals surface area contributed by atoms with E-state index in [1.807, 2.05) is 12.1 Å². The highest BCUT2D eigenvalue weighted by Gasteiger charge is 2.05. The van der Waals surface area contributed by atoms with Crippen LogP contribution in [0.15, 0.2) is 54.6 Å². The van der Waals surface area contributed by atoms with Crippen LogP contribution in [0.25, 0.3) is 5.57 Å². The number of halogens is 2. The van der Waals surface area contributed by atoms with Crippen LogP contribution in [0.1, 0.15) is 23.1 Å². The zero-order valence-corrected chi connectivity index (χ0v) is 14.5. The quantitative estimate of drug-likeness (QED) is 0.816. The lowest BCUT2D eigenvalue weighted by atomic mass is 10.0. The van der Waals surface area contributed by atoms with Gasteiger partial charge in [0.05, 0.1) is 0 Å². The molecule has 0 fully saturated rings. The molecule has 2 aliphatic heterocycles. The minimum atomic E-state index is -0.168. The van der Waals surface area contributed by atoms with E-state index in [1.54, 1.807) is 0 Å². The average Bonchev–Trinajstić information content (AvgIpc) is 2.64. The van der Waals surface area contributed by atoms with E-state index >= 15 is 0 Å². The summed E-state index contributed by atoms with van der Waals surface area (Å²) < 4.78 is 12.6. The molecule has 4 rings (SSSR count). The molecular weight excluding hydrogens is 323 g/mol. The Bertz CT molecular complexity index is 643. The molecule has 0 atom stereocenters. The summed E-state index contributed by atoms with van der Waals surface area (Å²) in [7, 11) is 0. The molecule has 2 nitrogen and oxygen atoms in total. The lowest BCUT2D eigenvalue weighted by Crippen LogP contribution is -2.23. The van der Waals surface area contributed by atoms with Crippen molar-refractivity contribution in [2.24, 2.45) is 0 Å². The summed E-state index contributed by atoms with van der Waals surface area (Å²) >= 11 is 0. The van der Waals surface area contributed by atoms with E-state index < -0.39 is 0 Å². The third-order valence-electron chi connectivity index (χ3n) is 4.28. The van der Waals surface area contributed by atoms with Gasteiger partial charge in [0.2, 0.25) is 0 Å². The third kappa shape index (κ3) is 5.17. The molecule has 0 saturated heterocycles. The molecule has 0 amide bonds. The number of nitrogens with one attached hydrogen (secondary N) is 2. The first-order valence-electron chi connectivity index (χ1n) is 8.26. The van der Waals surface area contributed by atoms with Gasteiger partial charge >= 0.3 is 0 Å². The van der Waals surface area contributed by atoms with E-state index in [2.05, 4.69) is 41.0 Å². The van der Waals surface area contributed by atoms with Gasteiger partial charge in [-0.2, -0.15) is 0 Å². The molecule has 0 radical (unpaired) electrons. The van der Waals surface area contributed by atoms with E-state index in [9.17, 15) is 4.39 Å². The first-order chi connectivity index (χ1) is 11.3. The molecule has 2 aromatic rings. The Morgan fingerprint density at radius 1 is 0.792 bits per heavy atom. The average molecular weight is 347 g/mol. The zero-order valence-electron chi connectivity index (χ0n) is 13.7. The summed E-state index contributed by atoms with van der Waals surface area (Å²) in [6.45, 7) is 4.13. The lowest BCUT2D eigenvalue weighted by Gasteiger charge is -2.15. The minimum Gasteiger partial charge on any atom is -0.313 e. The molecule has 0 bridgehead atoms. The Morgan fingerprint density at radius 2 is 1.50 bits per heavy atom. The Hall–Kier alpha value is -1.68. The van der Waals surface area contributed by atoms with Crippen LogP contribution >= 0.6 is 12.4 Å². The van der Waals surface area contributed by atoms with Gasteiger partial charge in [0.1, 0.15) is 5.82 Å². The summed E-state index contributed by atoms with van der Waals surface area (Å²) in [5.41, 5.74) is 5.44. The maximum absolute atomic E-state index is 12.6. The fourth-order valence-electron chi connectivity index (χ4n) is 2.97. The first-order valence-corrected chi connectivity index (χ1v) is 8.26. The summed E-state index contributed by atoms with van der Waals surface area (Å²) in [5.74, 6) is -0.168. The highest BCUT2D eigenvalue weighted by atomic mass is 35.5. The van der Waals surface area contributed by atoms with Crippen molar-refractivity contribution in [3.8, 4) is 0 Å². The Labute approximate surface area is 149 Å². The minimum absolute atomic E-state index is 0. The summed E-state index contributed by atoms with van der Waals surface area (Å²) in [6.07, 6.45) is 4.39. The van der Waals surface area contributed by atoms with E-state index in [0.29, 0.717) is 0 Å². The van der Waals surface area contributed by atoms with Crippen molar-refractivity contribution in [3.63, 3.8) is 0 Å². The Balaban J connectivity index is 0.000000172. The van der Waals surface area contributed by atoms with Crippen LogP contribution in [0.5, 0.6) is 0 Å². The molecular formula is C20H24ClFN2. The second-order valence-electron chi connectivity index (χ2n) is 5.89. The van der Waals surface area contributed by atoms with Crippen LogP contribution in [0.4, 0.5) is 4.39 Å². The normalized spacial score (nSPS) is 16.0. The second-order valence-corrected chi connectivity index (χ2v) is 5.89.